The van der Waals surface area contributed by atoms with Crippen LogP contribution in [0.25, 0.3) is 0 Å². The van der Waals surface area contributed by atoms with Crippen LogP contribution in [-0.4, -0.2) is 39.8 Å². The summed E-state index contributed by atoms with van der Waals surface area (Å²) in [6.07, 6.45) is 6.90. The summed E-state index contributed by atoms with van der Waals surface area (Å²) >= 11 is 0. The predicted octanol–water partition coefficient (Wildman–Crippen LogP) is 2.59. The minimum atomic E-state index is 0.154. The lowest BCUT2D eigenvalue weighted by Crippen LogP contribution is -2.42. The third kappa shape index (κ3) is 3.16. The lowest BCUT2D eigenvalue weighted by Gasteiger charge is -2.32. The van der Waals surface area contributed by atoms with E-state index in [-0.39, 0.29) is 12.0 Å². The molecule has 2 aromatic rings. The smallest absolute Gasteiger partial charge is 0.226 e. The lowest BCUT2D eigenvalue weighted by atomic mass is 10.1. The zero-order chi connectivity index (χ0) is 16.5. The van der Waals surface area contributed by atoms with Crippen molar-refractivity contribution >= 4 is 5.91 Å². The zero-order valence-corrected chi connectivity index (χ0v) is 14.0. The molecule has 0 unspecified atom stereocenters. The summed E-state index contributed by atoms with van der Waals surface area (Å²) in [6, 6.07) is 9.93. The van der Waals surface area contributed by atoms with Gasteiger partial charge in [0.2, 0.25) is 5.91 Å². The van der Waals surface area contributed by atoms with E-state index in [4.69, 9.17) is 4.74 Å². The Balaban J connectivity index is 1.28. The first kappa shape index (κ1) is 15.2. The maximum Gasteiger partial charge on any atom is 0.226 e. The molecular weight excluding hydrogens is 302 g/mol. The van der Waals surface area contributed by atoms with Crippen LogP contribution in [0.4, 0.5) is 0 Å². The summed E-state index contributed by atoms with van der Waals surface area (Å²) in [5.41, 5.74) is 1.19. The van der Waals surface area contributed by atoms with Gasteiger partial charge in [0.15, 0.2) is 0 Å². The van der Waals surface area contributed by atoms with Crippen LogP contribution >= 0.6 is 0 Å². The van der Waals surface area contributed by atoms with E-state index in [1.54, 1.807) is 0 Å². The largest absolute Gasteiger partial charge is 0.490 e. The molecule has 2 aliphatic rings. The van der Waals surface area contributed by atoms with Crippen molar-refractivity contribution in [1.82, 2.24) is 14.7 Å². The number of rotatable bonds is 4. The monoisotopic (exact) mass is 325 g/mol. The first-order valence-corrected chi connectivity index (χ1v) is 8.70. The van der Waals surface area contributed by atoms with Gasteiger partial charge in [0.05, 0.1) is 6.20 Å². The first-order chi connectivity index (χ1) is 11.7. The molecule has 1 saturated carbocycles. The highest BCUT2D eigenvalue weighted by atomic mass is 16.5. The molecule has 1 aliphatic carbocycles. The van der Waals surface area contributed by atoms with E-state index in [2.05, 4.69) is 5.10 Å². The lowest BCUT2D eigenvalue weighted by molar-refractivity contribution is -0.134. The summed E-state index contributed by atoms with van der Waals surface area (Å²) in [5.74, 6) is 1.74. The van der Waals surface area contributed by atoms with Crippen molar-refractivity contribution in [3.63, 3.8) is 0 Å². The van der Waals surface area contributed by atoms with Crippen LogP contribution in [0, 0.1) is 5.92 Å². The second kappa shape index (κ2) is 6.30. The summed E-state index contributed by atoms with van der Waals surface area (Å²) in [4.78, 5) is 14.7. The first-order valence-electron chi connectivity index (χ1n) is 8.70. The van der Waals surface area contributed by atoms with E-state index in [1.165, 1.54) is 5.56 Å². The van der Waals surface area contributed by atoms with Crippen molar-refractivity contribution in [2.75, 3.05) is 13.1 Å². The van der Waals surface area contributed by atoms with Gasteiger partial charge in [-0.25, -0.2) is 0 Å². The van der Waals surface area contributed by atoms with Crippen molar-refractivity contribution in [3.8, 4) is 5.75 Å². The molecule has 0 N–H and O–H groups in total. The van der Waals surface area contributed by atoms with Gasteiger partial charge in [0.25, 0.3) is 0 Å². The van der Waals surface area contributed by atoms with Gasteiger partial charge in [-0.3, -0.25) is 9.48 Å². The van der Waals surface area contributed by atoms with Crippen LogP contribution in [0.3, 0.4) is 0 Å². The minimum Gasteiger partial charge on any atom is -0.490 e. The van der Waals surface area contributed by atoms with Crippen molar-refractivity contribution in [1.29, 1.82) is 0 Å². The quantitative estimate of drug-likeness (QED) is 0.868. The average Bonchev–Trinajstić information content (AvgIpc) is 3.30. The summed E-state index contributed by atoms with van der Waals surface area (Å²) < 4.78 is 7.81. The number of carbonyl (C=O) groups excluding carboxylic acids is 1. The highest BCUT2D eigenvalue weighted by Crippen LogP contribution is 2.48. The van der Waals surface area contributed by atoms with Crippen molar-refractivity contribution in [2.45, 2.75) is 31.3 Å². The van der Waals surface area contributed by atoms with Gasteiger partial charge in [-0.1, -0.05) is 18.2 Å². The van der Waals surface area contributed by atoms with Crippen molar-refractivity contribution < 1.29 is 9.53 Å². The highest BCUT2D eigenvalue weighted by molar-refractivity contribution is 5.83. The Kier molecular flexibility index (Phi) is 4.00. The normalized spacial score (nSPS) is 24.0. The minimum absolute atomic E-state index is 0.154. The maximum absolute atomic E-state index is 12.7. The molecular formula is C19H23N3O2. The predicted molar refractivity (Wildman–Crippen MR) is 90.7 cm³/mol. The number of ether oxygens (including phenoxy) is 1. The Hall–Kier alpha value is -2.30. The molecule has 2 heterocycles. The molecule has 4 rings (SSSR count). The van der Waals surface area contributed by atoms with Gasteiger partial charge in [-0.15, -0.1) is 0 Å². The average molecular weight is 325 g/mol. The van der Waals surface area contributed by atoms with E-state index >= 15 is 0 Å². The molecule has 0 bridgehead atoms. The number of nitrogens with zero attached hydrogens (tertiary/aromatic N) is 3. The molecule has 0 spiro atoms. The van der Waals surface area contributed by atoms with E-state index in [1.807, 2.05) is 59.4 Å². The number of para-hydroxylation sites is 1. The fourth-order valence-corrected chi connectivity index (χ4v) is 3.59. The van der Waals surface area contributed by atoms with Crippen molar-refractivity contribution in [3.05, 3.63) is 48.3 Å². The van der Waals surface area contributed by atoms with Crippen LogP contribution in [0.2, 0.25) is 0 Å². The standard InChI is InChI=1S/C19H23N3O2/c1-21-13-14(12-20-21)17-11-18(17)19(23)22-9-7-16(8-10-22)24-15-5-3-2-4-6-15/h2-6,12-13,16-18H,7-11H2,1H3/t17-,18-/m1/s1. The van der Waals surface area contributed by atoms with Crippen LogP contribution in [-0.2, 0) is 11.8 Å². The molecule has 1 saturated heterocycles. The summed E-state index contributed by atoms with van der Waals surface area (Å²) in [7, 11) is 1.92. The third-order valence-corrected chi connectivity index (χ3v) is 5.06. The third-order valence-electron chi connectivity index (χ3n) is 5.06. The number of benzene rings is 1. The molecule has 126 valence electrons. The van der Waals surface area contributed by atoms with E-state index in [0.717, 1.165) is 38.1 Å². The fourth-order valence-electron chi connectivity index (χ4n) is 3.59. The van der Waals surface area contributed by atoms with Crippen LogP contribution in [0.1, 0.15) is 30.7 Å². The topological polar surface area (TPSA) is 47.4 Å². The number of aromatic nitrogens is 2. The Bertz CT molecular complexity index is 704. The van der Waals surface area contributed by atoms with Gasteiger partial charge in [0.1, 0.15) is 11.9 Å². The van der Waals surface area contributed by atoms with Crippen molar-refractivity contribution in [2.24, 2.45) is 13.0 Å². The zero-order valence-electron chi connectivity index (χ0n) is 14.0. The number of carbonyl (C=O) groups is 1. The number of amides is 1. The molecule has 0 radical (unpaired) electrons. The van der Waals surface area contributed by atoms with Gasteiger partial charge in [-0.05, 0) is 30.0 Å². The Morgan fingerprint density at radius 1 is 1.21 bits per heavy atom. The Labute approximate surface area is 142 Å². The molecule has 1 aromatic carbocycles. The number of hydrogen-bond donors (Lipinski definition) is 0. The molecule has 1 aromatic heterocycles. The van der Waals surface area contributed by atoms with E-state index < -0.39 is 0 Å². The van der Waals surface area contributed by atoms with Gasteiger partial charge >= 0.3 is 0 Å². The number of hydrogen-bond acceptors (Lipinski definition) is 3. The Morgan fingerprint density at radius 3 is 2.62 bits per heavy atom. The summed E-state index contributed by atoms with van der Waals surface area (Å²) in [6.45, 7) is 1.60. The summed E-state index contributed by atoms with van der Waals surface area (Å²) in [5, 5.41) is 4.21. The second-order valence-electron chi connectivity index (χ2n) is 6.85. The maximum atomic E-state index is 12.7. The number of piperidine rings is 1. The van der Waals surface area contributed by atoms with Gasteiger partial charge in [0, 0.05) is 45.1 Å². The Morgan fingerprint density at radius 2 is 1.96 bits per heavy atom. The number of aryl methyl sites for hydroxylation is 1. The van der Waals surface area contributed by atoms with Gasteiger partial charge < -0.3 is 9.64 Å². The second-order valence-corrected chi connectivity index (χ2v) is 6.85. The van der Waals surface area contributed by atoms with Crippen LogP contribution in [0.15, 0.2) is 42.7 Å². The highest BCUT2D eigenvalue weighted by Gasteiger charge is 2.46. The molecule has 1 amide bonds. The SMILES string of the molecule is Cn1cc([C@H]2C[C@H]2C(=O)N2CCC(Oc3ccccc3)CC2)cn1. The molecule has 5 heteroatoms. The van der Waals surface area contributed by atoms with Crippen LogP contribution < -0.4 is 4.74 Å². The van der Waals surface area contributed by atoms with Gasteiger partial charge in [-0.2, -0.15) is 5.10 Å². The van der Waals surface area contributed by atoms with E-state index in [9.17, 15) is 4.79 Å². The van der Waals surface area contributed by atoms with Crippen LogP contribution in [0.5, 0.6) is 5.75 Å². The molecule has 24 heavy (non-hydrogen) atoms. The molecule has 5 nitrogen and oxygen atoms in total. The fraction of sp³-hybridized carbons (Fsp3) is 0.474. The molecule has 2 atom stereocenters. The molecule has 1 aliphatic heterocycles. The molecule has 2 fully saturated rings. The van der Waals surface area contributed by atoms with E-state index in [0.29, 0.717) is 11.8 Å². The number of likely N-dealkylation sites (tertiary alicyclic amines) is 1.